The molecule has 2 aromatic heterocycles. The maximum atomic E-state index is 13.5. The number of para-hydroxylation sites is 1. The summed E-state index contributed by atoms with van der Waals surface area (Å²) in [6.45, 7) is 2.41. The lowest BCUT2D eigenvalue weighted by Gasteiger charge is -2.18. The molecule has 1 atom stereocenters. The maximum absolute atomic E-state index is 13.5. The maximum Gasteiger partial charge on any atom is 0.257 e. The number of benzene rings is 2. The van der Waals surface area contributed by atoms with Gasteiger partial charge in [0, 0.05) is 41.4 Å². The molecule has 0 bridgehead atoms. The number of carbonyl (C=O) groups excluding carboxylic acids is 2. The third kappa shape index (κ3) is 4.01. The summed E-state index contributed by atoms with van der Waals surface area (Å²) in [7, 11) is 0. The van der Waals surface area contributed by atoms with Crippen molar-refractivity contribution in [1.29, 1.82) is 0 Å². The number of halogens is 1. The number of hydrogen-bond donors (Lipinski definition) is 2. The summed E-state index contributed by atoms with van der Waals surface area (Å²) in [5.74, 6) is -0.791. The summed E-state index contributed by atoms with van der Waals surface area (Å²) in [5.41, 5.74) is 4.20. The van der Waals surface area contributed by atoms with Crippen LogP contribution in [0, 0.1) is 12.7 Å². The van der Waals surface area contributed by atoms with Gasteiger partial charge in [0.25, 0.3) is 5.91 Å². The second-order valence-electron chi connectivity index (χ2n) is 8.01. The van der Waals surface area contributed by atoms with E-state index in [0.29, 0.717) is 17.7 Å². The van der Waals surface area contributed by atoms with Gasteiger partial charge in [-0.05, 0) is 60.5 Å². The molecule has 1 aliphatic rings. The summed E-state index contributed by atoms with van der Waals surface area (Å²) in [6.07, 6.45) is 3.41. The molecule has 1 unspecified atom stereocenters. The zero-order chi connectivity index (χ0) is 22.9. The number of fused-ring (bicyclic) bond motifs is 2. The van der Waals surface area contributed by atoms with E-state index in [1.54, 1.807) is 25.1 Å². The number of ketones is 1. The highest BCUT2D eigenvalue weighted by Gasteiger charge is 2.28. The highest BCUT2D eigenvalue weighted by Crippen LogP contribution is 2.31. The van der Waals surface area contributed by atoms with E-state index in [0.717, 1.165) is 16.9 Å². The number of anilines is 2. The average Bonchev–Trinajstić information content (AvgIpc) is 3.21. The predicted molar refractivity (Wildman–Crippen MR) is 124 cm³/mol. The minimum absolute atomic E-state index is 0.127. The van der Waals surface area contributed by atoms with Crippen LogP contribution in [0.3, 0.4) is 0 Å². The van der Waals surface area contributed by atoms with Crippen molar-refractivity contribution >= 4 is 23.2 Å². The number of pyridine rings is 1. The van der Waals surface area contributed by atoms with Gasteiger partial charge < -0.3 is 15.2 Å². The SMILES string of the molecule is Cc1ccc(F)cc1C(=O)Nc1ccc(C(=O)C2Nc3ccccc3Cn3cccc32)cn1. The van der Waals surface area contributed by atoms with E-state index in [2.05, 4.69) is 20.2 Å². The van der Waals surface area contributed by atoms with Crippen LogP contribution in [0.25, 0.3) is 0 Å². The first-order valence-electron chi connectivity index (χ1n) is 10.6. The minimum atomic E-state index is -0.569. The molecule has 5 rings (SSSR count). The van der Waals surface area contributed by atoms with Gasteiger partial charge in [0.05, 0.1) is 0 Å². The molecular formula is C26H21FN4O2. The molecule has 6 nitrogen and oxygen atoms in total. The fourth-order valence-electron chi connectivity index (χ4n) is 4.05. The number of rotatable bonds is 4. The Balaban J connectivity index is 1.38. The number of amides is 1. The molecule has 1 aliphatic heterocycles. The number of hydrogen-bond acceptors (Lipinski definition) is 4. The quantitative estimate of drug-likeness (QED) is 0.439. The van der Waals surface area contributed by atoms with E-state index in [1.165, 1.54) is 18.3 Å². The second kappa shape index (κ2) is 8.35. The summed E-state index contributed by atoms with van der Waals surface area (Å²) in [5, 5.41) is 6.04. The Bertz CT molecular complexity index is 1360. The Morgan fingerprint density at radius 3 is 2.76 bits per heavy atom. The molecule has 0 saturated carbocycles. The first kappa shape index (κ1) is 20.6. The van der Waals surface area contributed by atoms with E-state index >= 15 is 0 Å². The fourth-order valence-corrected chi connectivity index (χ4v) is 4.05. The van der Waals surface area contributed by atoms with Gasteiger partial charge >= 0.3 is 0 Å². The second-order valence-corrected chi connectivity index (χ2v) is 8.01. The minimum Gasteiger partial charge on any atom is -0.370 e. The van der Waals surface area contributed by atoms with Crippen LogP contribution in [0.4, 0.5) is 15.9 Å². The van der Waals surface area contributed by atoms with Gasteiger partial charge in [0.1, 0.15) is 17.7 Å². The molecule has 2 N–H and O–H groups in total. The summed E-state index contributed by atoms with van der Waals surface area (Å²) in [6, 6.07) is 18.5. The highest BCUT2D eigenvalue weighted by atomic mass is 19.1. The van der Waals surface area contributed by atoms with Crippen LogP contribution in [0.1, 0.15) is 43.6 Å². The standard InChI is InChI=1S/C26H21FN4O2/c1-16-8-10-19(27)13-20(16)26(33)30-23-11-9-17(14-28-23)25(32)24-22-7-4-12-31(22)15-18-5-2-3-6-21(18)29-24/h2-14,24,29H,15H2,1H3,(H,28,30,33). The molecular weight excluding hydrogens is 419 g/mol. The highest BCUT2D eigenvalue weighted by molar-refractivity contribution is 6.05. The number of Topliss-reactive ketones (excluding diaryl/α,β-unsaturated/α-hetero) is 1. The van der Waals surface area contributed by atoms with Crippen molar-refractivity contribution in [3.05, 3.63) is 113 Å². The van der Waals surface area contributed by atoms with Crippen LogP contribution in [-0.4, -0.2) is 21.2 Å². The molecule has 33 heavy (non-hydrogen) atoms. The van der Waals surface area contributed by atoms with Crippen molar-refractivity contribution in [2.45, 2.75) is 19.5 Å². The lowest BCUT2D eigenvalue weighted by Crippen LogP contribution is -2.22. The Labute approximate surface area is 190 Å². The number of carbonyl (C=O) groups is 2. The molecule has 3 heterocycles. The summed E-state index contributed by atoms with van der Waals surface area (Å²) < 4.78 is 15.6. The zero-order valence-corrected chi connectivity index (χ0v) is 17.9. The fraction of sp³-hybridized carbons (Fsp3) is 0.115. The van der Waals surface area contributed by atoms with Gasteiger partial charge in [-0.3, -0.25) is 9.59 Å². The van der Waals surface area contributed by atoms with Gasteiger partial charge in [-0.2, -0.15) is 0 Å². The van der Waals surface area contributed by atoms with Crippen molar-refractivity contribution in [3.63, 3.8) is 0 Å². The molecule has 0 aliphatic carbocycles. The molecule has 4 aromatic rings. The van der Waals surface area contributed by atoms with Crippen molar-refractivity contribution in [3.8, 4) is 0 Å². The number of aromatic nitrogens is 2. The molecule has 1 amide bonds. The normalized spacial score (nSPS) is 14.4. The van der Waals surface area contributed by atoms with E-state index in [9.17, 15) is 14.0 Å². The van der Waals surface area contributed by atoms with Gasteiger partial charge in [0.2, 0.25) is 0 Å². The van der Waals surface area contributed by atoms with Crippen molar-refractivity contribution < 1.29 is 14.0 Å². The van der Waals surface area contributed by atoms with E-state index < -0.39 is 17.8 Å². The van der Waals surface area contributed by atoms with Gasteiger partial charge in [0.15, 0.2) is 5.78 Å². The van der Waals surface area contributed by atoms with E-state index in [1.807, 2.05) is 42.6 Å². The van der Waals surface area contributed by atoms with Crippen molar-refractivity contribution in [1.82, 2.24) is 9.55 Å². The van der Waals surface area contributed by atoms with Gasteiger partial charge in [-0.1, -0.05) is 24.3 Å². The molecule has 0 fully saturated rings. The van der Waals surface area contributed by atoms with Crippen molar-refractivity contribution in [2.75, 3.05) is 10.6 Å². The van der Waals surface area contributed by atoms with Crippen LogP contribution in [0.2, 0.25) is 0 Å². The van der Waals surface area contributed by atoms with Crippen LogP contribution in [0.15, 0.2) is 79.1 Å². The van der Waals surface area contributed by atoms with Crippen LogP contribution in [-0.2, 0) is 6.54 Å². The van der Waals surface area contributed by atoms with Crippen LogP contribution in [0.5, 0.6) is 0 Å². The monoisotopic (exact) mass is 440 g/mol. The summed E-state index contributed by atoms with van der Waals surface area (Å²) >= 11 is 0. The molecule has 7 heteroatoms. The Morgan fingerprint density at radius 2 is 1.94 bits per heavy atom. The summed E-state index contributed by atoms with van der Waals surface area (Å²) in [4.78, 5) is 30.2. The lowest BCUT2D eigenvalue weighted by atomic mass is 10.0. The topological polar surface area (TPSA) is 76.0 Å². The van der Waals surface area contributed by atoms with Crippen LogP contribution >= 0.6 is 0 Å². The van der Waals surface area contributed by atoms with E-state index in [-0.39, 0.29) is 17.2 Å². The zero-order valence-electron chi connectivity index (χ0n) is 17.9. The largest absolute Gasteiger partial charge is 0.370 e. The Hall–Kier alpha value is -4.26. The third-order valence-corrected chi connectivity index (χ3v) is 5.81. The van der Waals surface area contributed by atoms with E-state index in [4.69, 9.17) is 0 Å². The first-order valence-corrected chi connectivity index (χ1v) is 10.6. The first-order chi connectivity index (χ1) is 16.0. The lowest BCUT2D eigenvalue weighted by molar-refractivity contribution is 0.0966. The smallest absolute Gasteiger partial charge is 0.257 e. The molecule has 0 saturated heterocycles. The Kier molecular flexibility index (Phi) is 5.22. The van der Waals surface area contributed by atoms with Gasteiger partial charge in [-0.15, -0.1) is 0 Å². The molecule has 164 valence electrons. The van der Waals surface area contributed by atoms with Crippen LogP contribution < -0.4 is 10.6 Å². The Morgan fingerprint density at radius 1 is 1.09 bits per heavy atom. The number of aryl methyl sites for hydroxylation is 1. The predicted octanol–water partition coefficient (Wildman–Crippen LogP) is 4.98. The van der Waals surface area contributed by atoms with Gasteiger partial charge in [-0.25, -0.2) is 9.37 Å². The molecule has 2 aromatic carbocycles. The number of nitrogens with one attached hydrogen (secondary N) is 2. The average molecular weight is 440 g/mol. The van der Waals surface area contributed by atoms with Crippen molar-refractivity contribution in [2.24, 2.45) is 0 Å². The third-order valence-electron chi connectivity index (χ3n) is 5.81. The molecule has 0 radical (unpaired) electrons. The molecule has 0 spiro atoms. The number of nitrogens with zero attached hydrogens (tertiary/aromatic N) is 2.